The lowest BCUT2D eigenvalue weighted by Crippen LogP contribution is -2.32. The summed E-state index contributed by atoms with van der Waals surface area (Å²) in [6.45, 7) is 7.99. The second kappa shape index (κ2) is 7.53. The maximum Gasteiger partial charge on any atom is 0.323 e. The Kier molecular flexibility index (Phi) is 7.06. The third-order valence-electron chi connectivity index (χ3n) is 1.50. The van der Waals surface area contributed by atoms with E-state index in [0.29, 0.717) is 13.0 Å². The fourth-order valence-electron chi connectivity index (χ4n) is 0.809. The molecule has 0 aliphatic heterocycles. The van der Waals surface area contributed by atoms with Gasteiger partial charge < -0.3 is 15.2 Å². The quantitative estimate of drug-likeness (QED) is 0.377. The van der Waals surface area contributed by atoms with E-state index in [1.807, 2.05) is 13.8 Å². The predicted molar refractivity (Wildman–Crippen MR) is 54.8 cm³/mol. The lowest BCUT2D eigenvalue weighted by molar-refractivity contribution is -0.147. The first kappa shape index (κ1) is 13.1. The summed E-state index contributed by atoms with van der Waals surface area (Å²) in [5, 5.41) is 0. The number of esters is 1. The number of carbonyl (C=O) groups is 1. The van der Waals surface area contributed by atoms with Gasteiger partial charge in [-0.05, 0) is 20.3 Å². The highest BCUT2D eigenvalue weighted by Gasteiger charge is 2.12. The van der Waals surface area contributed by atoms with Gasteiger partial charge in [0.05, 0.1) is 12.7 Å². The molecule has 0 saturated heterocycles. The summed E-state index contributed by atoms with van der Waals surface area (Å²) in [6.07, 6.45) is 2.18. The van der Waals surface area contributed by atoms with Crippen molar-refractivity contribution in [3.05, 3.63) is 12.7 Å². The van der Waals surface area contributed by atoms with Crippen LogP contribution >= 0.6 is 0 Å². The van der Waals surface area contributed by atoms with Gasteiger partial charge in [0.2, 0.25) is 0 Å². The minimum absolute atomic E-state index is 0.149. The van der Waals surface area contributed by atoms with Crippen LogP contribution in [0.15, 0.2) is 12.7 Å². The summed E-state index contributed by atoms with van der Waals surface area (Å²) in [7, 11) is 0. The first-order chi connectivity index (χ1) is 6.57. The van der Waals surface area contributed by atoms with Gasteiger partial charge in [0, 0.05) is 0 Å². The molecule has 1 unspecified atom stereocenters. The van der Waals surface area contributed by atoms with Crippen molar-refractivity contribution in [1.82, 2.24) is 0 Å². The normalized spacial score (nSPS) is 12.6. The standard InChI is InChI=1S/C10H19NO3/c1-4-5-9(11)10(12)14-7-6-13-8(2)3/h4,8-9H,1,5-7,11H2,2-3H3. The van der Waals surface area contributed by atoms with E-state index in [0.717, 1.165) is 0 Å². The average Bonchev–Trinajstić information content (AvgIpc) is 2.12. The molecule has 0 aliphatic rings. The van der Waals surface area contributed by atoms with Crippen molar-refractivity contribution in [1.29, 1.82) is 0 Å². The summed E-state index contributed by atoms with van der Waals surface area (Å²) in [6, 6.07) is -0.605. The van der Waals surface area contributed by atoms with E-state index in [1.54, 1.807) is 6.08 Å². The Morgan fingerprint density at radius 1 is 1.50 bits per heavy atom. The molecule has 14 heavy (non-hydrogen) atoms. The van der Waals surface area contributed by atoms with E-state index in [9.17, 15) is 4.79 Å². The number of rotatable bonds is 7. The summed E-state index contributed by atoms with van der Waals surface area (Å²) in [5.41, 5.74) is 5.48. The lowest BCUT2D eigenvalue weighted by atomic mass is 10.2. The Morgan fingerprint density at radius 3 is 2.64 bits per heavy atom. The molecule has 0 heterocycles. The van der Waals surface area contributed by atoms with Gasteiger partial charge >= 0.3 is 5.97 Å². The minimum atomic E-state index is -0.605. The molecule has 0 aliphatic carbocycles. The van der Waals surface area contributed by atoms with E-state index in [4.69, 9.17) is 15.2 Å². The van der Waals surface area contributed by atoms with Crippen LogP contribution in [0.4, 0.5) is 0 Å². The Bertz CT molecular complexity index is 180. The zero-order chi connectivity index (χ0) is 11.0. The Morgan fingerprint density at radius 2 is 2.14 bits per heavy atom. The number of ether oxygens (including phenoxy) is 2. The Hall–Kier alpha value is -0.870. The number of hydrogen-bond donors (Lipinski definition) is 1. The van der Waals surface area contributed by atoms with Crippen molar-refractivity contribution >= 4 is 5.97 Å². The summed E-state index contributed by atoms with van der Waals surface area (Å²) < 4.78 is 10.1. The third-order valence-corrected chi connectivity index (χ3v) is 1.50. The van der Waals surface area contributed by atoms with Crippen LogP contribution in [0, 0.1) is 0 Å². The van der Waals surface area contributed by atoms with Crippen LogP contribution in [-0.2, 0) is 14.3 Å². The van der Waals surface area contributed by atoms with E-state index in [-0.39, 0.29) is 12.7 Å². The molecule has 0 aromatic rings. The maximum absolute atomic E-state index is 11.1. The molecule has 0 radical (unpaired) electrons. The molecule has 4 heteroatoms. The van der Waals surface area contributed by atoms with Crippen LogP contribution in [0.5, 0.6) is 0 Å². The molecule has 0 fully saturated rings. The van der Waals surface area contributed by atoms with E-state index < -0.39 is 12.0 Å². The summed E-state index contributed by atoms with van der Waals surface area (Å²) in [4.78, 5) is 11.1. The van der Waals surface area contributed by atoms with E-state index in [1.165, 1.54) is 0 Å². The first-order valence-electron chi connectivity index (χ1n) is 4.72. The van der Waals surface area contributed by atoms with Crippen LogP contribution in [0.25, 0.3) is 0 Å². The van der Waals surface area contributed by atoms with Gasteiger partial charge in [-0.25, -0.2) is 0 Å². The van der Waals surface area contributed by atoms with Crippen LogP contribution in [-0.4, -0.2) is 31.3 Å². The van der Waals surface area contributed by atoms with Crippen molar-refractivity contribution in [2.75, 3.05) is 13.2 Å². The third kappa shape index (κ3) is 6.62. The molecule has 0 bridgehead atoms. The maximum atomic E-state index is 11.1. The van der Waals surface area contributed by atoms with E-state index in [2.05, 4.69) is 6.58 Å². The van der Waals surface area contributed by atoms with Crippen LogP contribution < -0.4 is 5.73 Å². The molecule has 2 N–H and O–H groups in total. The highest BCUT2D eigenvalue weighted by Crippen LogP contribution is 1.93. The fraction of sp³-hybridized carbons (Fsp3) is 0.700. The molecule has 1 atom stereocenters. The Balaban J connectivity index is 3.48. The topological polar surface area (TPSA) is 61.6 Å². The minimum Gasteiger partial charge on any atom is -0.462 e. The zero-order valence-electron chi connectivity index (χ0n) is 8.86. The van der Waals surface area contributed by atoms with E-state index >= 15 is 0 Å². The second-order valence-corrected chi connectivity index (χ2v) is 3.22. The van der Waals surface area contributed by atoms with Crippen molar-refractivity contribution in [3.8, 4) is 0 Å². The zero-order valence-corrected chi connectivity index (χ0v) is 8.86. The molecule has 0 aromatic heterocycles. The van der Waals surface area contributed by atoms with Gasteiger partial charge in [-0.1, -0.05) is 6.08 Å². The molecule has 4 nitrogen and oxygen atoms in total. The molecule has 82 valence electrons. The van der Waals surface area contributed by atoms with Crippen LogP contribution in [0.3, 0.4) is 0 Å². The first-order valence-corrected chi connectivity index (χ1v) is 4.72. The average molecular weight is 201 g/mol. The SMILES string of the molecule is C=CCC(N)C(=O)OCCOC(C)C. The van der Waals surface area contributed by atoms with Crippen LogP contribution in [0.1, 0.15) is 20.3 Å². The fourth-order valence-corrected chi connectivity index (χ4v) is 0.809. The molecule has 0 saturated carbocycles. The highest BCUT2D eigenvalue weighted by molar-refractivity contribution is 5.75. The molecule has 0 amide bonds. The smallest absolute Gasteiger partial charge is 0.323 e. The van der Waals surface area contributed by atoms with Crippen molar-refractivity contribution in [3.63, 3.8) is 0 Å². The predicted octanol–water partition coefficient (Wildman–Crippen LogP) is 0.858. The van der Waals surface area contributed by atoms with Crippen LogP contribution in [0.2, 0.25) is 0 Å². The van der Waals surface area contributed by atoms with Gasteiger partial charge in [0.15, 0.2) is 0 Å². The number of hydrogen-bond acceptors (Lipinski definition) is 4. The second-order valence-electron chi connectivity index (χ2n) is 3.22. The van der Waals surface area contributed by atoms with Gasteiger partial charge in [-0.15, -0.1) is 6.58 Å². The molecular weight excluding hydrogens is 182 g/mol. The van der Waals surface area contributed by atoms with Gasteiger partial charge in [-0.2, -0.15) is 0 Å². The number of nitrogens with two attached hydrogens (primary N) is 1. The molecular formula is C10H19NO3. The number of carbonyl (C=O) groups excluding carboxylic acids is 1. The van der Waals surface area contributed by atoms with Crippen molar-refractivity contribution in [2.45, 2.75) is 32.4 Å². The van der Waals surface area contributed by atoms with Gasteiger partial charge in [0.25, 0.3) is 0 Å². The largest absolute Gasteiger partial charge is 0.462 e. The van der Waals surface area contributed by atoms with Crippen molar-refractivity contribution in [2.24, 2.45) is 5.73 Å². The Labute approximate surface area is 85.1 Å². The molecule has 0 spiro atoms. The monoisotopic (exact) mass is 201 g/mol. The molecule has 0 aromatic carbocycles. The molecule has 0 rings (SSSR count). The van der Waals surface area contributed by atoms with Gasteiger partial charge in [-0.3, -0.25) is 4.79 Å². The highest BCUT2D eigenvalue weighted by atomic mass is 16.6. The summed E-state index contributed by atoms with van der Waals surface area (Å²) in [5.74, 6) is -0.405. The van der Waals surface area contributed by atoms with Crippen molar-refractivity contribution < 1.29 is 14.3 Å². The van der Waals surface area contributed by atoms with Gasteiger partial charge in [0.1, 0.15) is 12.6 Å². The lowest BCUT2D eigenvalue weighted by Gasteiger charge is -2.10. The summed E-state index contributed by atoms with van der Waals surface area (Å²) >= 11 is 0.